The molecule has 0 radical (unpaired) electrons. The van der Waals surface area contributed by atoms with E-state index in [0.717, 1.165) is 13.1 Å². The molecule has 2 aliphatic rings. The summed E-state index contributed by atoms with van der Waals surface area (Å²) in [6, 6.07) is -0.346. The zero-order chi connectivity index (χ0) is 11.8. The Morgan fingerprint density at radius 1 is 1.25 bits per heavy atom. The van der Waals surface area contributed by atoms with Crippen LogP contribution in [0.25, 0.3) is 0 Å². The number of rotatable bonds is 1. The van der Waals surface area contributed by atoms with Crippen molar-refractivity contribution in [3.8, 4) is 0 Å². The van der Waals surface area contributed by atoms with Crippen molar-refractivity contribution in [2.45, 2.75) is 32.2 Å². The van der Waals surface area contributed by atoms with Crippen molar-refractivity contribution >= 4 is 5.91 Å². The summed E-state index contributed by atoms with van der Waals surface area (Å²) < 4.78 is 0. The van der Waals surface area contributed by atoms with E-state index < -0.39 is 0 Å². The Labute approximate surface area is 97.8 Å². The first-order valence-corrected chi connectivity index (χ1v) is 6.25. The zero-order valence-corrected chi connectivity index (χ0v) is 10.4. The summed E-state index contributed by atoms with van der Waals surface area (Å²) in [4.78, 5) is 16.2. The van der Waals surface area contributed by atoms with Gasteiger partial charge in [-0.05, 0) is 51.7 Å². The fraction of sp³-hybridized carbons (Fsp3) is 0.917. The molecule has 0 aliphatic carbocycles. The average molecular weight is 225 g/mol. The molecular weight excluding hydrogens is 202 g/mol. The second-order valence-electron chi connectivity index (χ2n) is 5.60. The topological polar surface area (TPSA) is 49.6 Å². The van der Waals surface area contributed by atoms with Gasteiger partial charge in [-0.3, -0.25) is 4.79 Å². The minimum absolute atomic E-state index is 0.121. The number of carbonyl (C=O) groups is 1. The summed E-state index contributed by atoms with van der Waals surface area (Å²) in [5, 5.41) is 0. The van der Waals surface area contributed by atoms with Gasteiger partial charge >= 0.3 is 0 Å². The first-order chi connectivity index (χ1) is 7.52. The second kappa shape index (κ2) is 4.34. The lowest BCUT2D eigenvalue weighted by Crippen LogP contribution is -2.44. The molecule has 1 amide bonds. The molecule has 2 N–H and O–H groups in total. The zero-order valence-electron chi connectivity index (χ0n) is 10.4. The van der Waals surface area contributed by atoms with Crippen LogP contribution in [0, 0.1) is 5.41 Å². The fourth-order valence-electron chi connectivity index (χ4n) is 2.91. The number of nitrogens with two attached hydrogens (primary N) is 1. The van der Waals surface area contributed by atoms with E-state index >= 15 is 0 Å². The first kappa shape index (κ1) is 11.9. The van der Waals surface area contributed by atoms with Crippen LogP contribution in [0.15, 0.2) is 0 Å². The van der Waals surface area contributed by atoms with Gasteiger partial charge in [-0.2, -0.15) is 0 Å². The van der Waals surface area contributed by atoms with Crippen molar-refractivity contribution in [2.75, 3.05) is 33.2 Å². The lowest BCUT2D eigenvalue weighted by molar-refractivity contribution is -0.131. The van der Waals surface area contributed by atoms with Crippen LogP contribution < -0.4 is 5.73 Å². The molecule has 2 rings (SSSR count). The maximum absolute atomic E-state index is 11.8. The Kier molecular flexibility index (Phi) is 3.22. The summed E-state index contributed by atoms with van der Waals surface area (Å²) in [5.41, 5.74) is 6.06. The molecule has 4 heteroatoms. The van der Waals surface area contributed by atoms with E-state index in [9.17, 15) is 4.79 Å². The van der Waals surface area contributed by atoms with Crippen LogP contribution in [0.5, 0.6) is 0 Å². The molecule has 0 aromatic carbocycles. The van der Waals surface area contributed by atoms with Crippen LogP contribution >= 0.6 is 0 Å². The third-order valence-electron chi connectivity index (χ3n) is 4.19. The van der Waals surface area contributed by atoms with Gasteiger partial charge in [0, 0.05) is 13.1 Å². The minimum Gasteiger partial charge on any atom is -0.341 e. The number of hydrogen-bond donors (Lipinski definition) is 1. The van der Waals surface area contributed by atoms with Gasteiger partial charge in [0.05, 0.1) is 6.04 Å². The van der Waals surface area contributed by atoms with Crippen molar-refractivity contribution in [2.24, 2.45) is 11.1 Å². The molecule has 0 unspecified atom stereocenters. The van der Waals surface area contributed by atoms with E-state index in [-0.39, 0.29) is 11.9 Å². The quantitative estimate of drug-likeness (QED) is 0.697. The Bertz CT molecular complexity index is 269. The molecule has 4 nitrogen and oxygen atoms in total. The van der Waals surface area contributed by atoms with Gasteiger partial charge in [0.2, 0.25) is 5.91 Å². The summed E-state index contributed by atoms with van der Waals surface area (Å²) in [5.74, 6) is 0.121. The third-order valence-corrected chi connectivity index (χ3v) is 4.19. The van der Waals surface area contributed by atoms with Crippen LogP contribution in [0.2, 0.25) is 0 Å². The van der Waals surface area contributed by atoms with E-state index in [1.54, 1.807) is 6.92 Å². The van der Waals surface area contributed by atoms with Gasteiger partial charge < -0.3 is 15.5 Å². The predicted octanol–water partition coefficient (Wildman–Crippen LogP) is 0.278. The number of carbonyl (C=O) groups excluding carboxylic acids is 1. The minimum atomic E-state index is -0.346. The summed E-state index contributed by atoms with van der Waals surface area (Å²) in [7, 11) is 2.17. The van der Waals surface area contributed by atoms with Crippen LogP contribution in [-0.2, 0) is 4.79 Å². The predicted molar refractivity (Wildman–Crippen MR) is 64.0 cm³/mol. The molecule has 0 aromatic heterocycles. The standard InChI is InChI=1S/C12H23N3O/c1-10(13)11(16)15-8-5-12(9-15)3-6-14(2)7-4-12/h10H,3-9,13H2,1-2H3/t10-/m1/s1. The molecule has 0 bridgehead atoms. The highest BCUT2D eigenvalue weighted by Crippen LogP contribution is 2.40. The van der Waals surface area contributed by atoms with Crippen molar-refractivity contribution in [1.29, 1.82) is 0 Å². The highest BCUT2D eigenvalue weighted by Gasteiger charge is 2.41. The van der Waals surface area contributed by atoms with E-state index in [1.807, 2.05) is 4.90 Å². The van der Waals surface area contributed by atoms with Crippen LogP contribution in [0.3, 0.4) is 0 Å². The third kappa shape index (κ3) is 2.23. The van der Waals surface area contributed by atoms with Gasteiger partial charge in [-0.15, -0.1) is 0 Å². The van der Waals surface area contributed by atoms with E-state index in [2.05, 4.69) is 11.9 Å². The molecule has 2 saturated heterocycles. The molecule has 2 heterocycles. The van der Waals surface area contributed by atoms with Crippen LogP contribution in [0.4, 0.5) is 0 Å². The highest BCUT2D eigenvalue weighted by molar-refractivity contribution is 5.81. The largest absolute Gasteiger partial charge is 0.341 e. The van der Waals surface area contributed by atoms with E-state index in [1.165, 1.54) is 32.4 Å². The van der Waals surface area contributed by atoms with Crippen molar-refractivity contribution < 1.29 is 4.79 Å². The number of piperidine rings is 1. The fourth-order valence-corrected chi connectivity index (χ4v) is 2.91. The average Bonchev–Trinajstić information content (AvgIpc) is 2.66. The van der Waals surface area contributed by atoms with Gasteiger partial charge in [0.1, 0.15) is 0 Å². The SMILES string of the molecule is C[C@@H](N)C(=O)N1CCC2(CCN(C)CC2)C1. The Morgan fingerprint density at radius 2 is 1.81 bits per heavy atom. The van der Waals surface area contributed by atoms with Crippen LogP contribution in [-0.4, -0.2) is 55.0 Å². The monoisotopic (exact) mass is 225 g/mol. The molecule has 0 saturated carbocycles. The molecule has 2 fully saturated rings. The molecule has 1 atom stereocenters. The summed E-state index contributed by atoms with van der Waals surface area (Å²) in [6.45, 7) is 5.95. The Hall–Kier alpha value is -0.610. The second-order valence-corrected chi connectivity index (χ2v) is 5.60. The van der Waals surface area contributed by atoms with Crippen molar-refractivity contribution in [1.82, 2.24) is 9.80 Å². The van der Waals surface area contributed by atoms with Gasteiger partial charge in [0.25, 0.3) is 0 Å². The maximum Gasteiger partial charge on any atom is 0.239 e. The number of nitrogens with zero attached hydrogens (tertiary/aromatic N) is 2. The number of amides is 1. The number of likely N-dealkylation sites (tertiary alicyclic amines) is 2. The highest BCUT2D eigenvalue weighted by atomic mass is 16.2. The summed E-state index contributed by atoms with van der Waals surface area (Å²) >= 11 is 0. The maximum atomic E-state index is 11.8. The normalized spacial score (nSPS) is 27.3. The van der Waals surface area contributed by atoms with E-state index in [0.29, 0.717) is 5.41 Å². The van der Waals surface area contributed by atoms with Gasteiger partial charge in [0.15, 0.2) is 0 Å². The van der Waals surface area contributed by atoms with Gasteiger partial charge in [-0.25, -0.2) is 0 Å². The van der Waals surface area contributed by atoms with E-state index in [4.69, 9.17) is 5.73 Å². The van der Waals surface area contributed by atoms with Crippen molar-refractivity contribution in [3.05, 3.63) is 0 Å². The number of hydrogen-bond acceptors (Lipinski definition) is 3. The molecular formula is C12H23N3O. The van der Waals surface area contributed by atoms with Crippen LogP contribution in [0.1, 0.15) is 26.2 Å². The molecule has 0 aromatic rings. The molecule has 1 spiro atoms. The van der Waals surface area contributed by atoms with Gasteiger partial charge in [-0.1, -0.05) is 0 Å². The smallest absolute Gasteiger partial charge is 0.239 e. The molecule has 16 heavy (non-hydrogen) atoms. The summed E-state index contributed by atoms with van der Waals surface area (Å²) in [6.07, 6.45) is 3.62. The lowest BCUT2D eigenvalue weighted by Gasteiger charge is -2.37. The molecule has 2 aliphatic heterocycles. The Balaban J connectivity index is 1.94. The Morgan fingerprint density at radius 3 is 2.38 bits per heavy atom. The first-order valence-electron chi connectivity index (χ1n) is 6.25. The van der Waals surface area contributed by atoms with Crippen molar-refractivity contribution in [3.63, 3.8) is 0 Å². The molecule has 92 valence electrons. The lowest BCUT2D eigenvalue weighted by atomic mass is 9.78.